The predicted molar refractivity (Wildman–Crippen MR) is 88.2 cm³/mol. The molecule has 0 bridgehead atoms. The van der Waals surface area contributed by atoms with Crippen LogP contribution in [0.2, 0.25) is 0 Å². The van der Waals surface area contributed by atoms with E-state index in [4.69, 9.17) is 4.74 Å². The highest BCUT2D eigenvalue weighted by atomic mass is 16.5. The predicted octanol–water partition coefficient (Wildman–Crippen LogP) is 2.37. The fourth-order valence-electron chi connectivity index (χ4n) is 2.41. The summed E-state index contributed by atoms with van der Waals surface area (Å²) in [7, 11) is 0. The number of pyridine rings is 1. The third kappa shape index (κ3) is 2.99. The van der Waals surface area contributed by atoms with Crippen molar-refractivity contribution in [1.29, 1.82) is 0 Å². The molecule has 0 fully saturated rings. The number of phenolic OH excluding ortho intramolecular Hbond substituents is 1. The topological polar surface area (TPSA) is 80.9 Å². The highest BCUT2D eigenvalue weighted by Gasteiger charge is 2.14. The zero-order valence-corrected chi connectivity index (χ0v) is 13.3. The van der Waals surface area contributed by atoms with Gasteiger partial charge in [0.25, 0.3) is 5.56 Å². The molecule has 2 heterocycles. The van der Waals surface area contributed by atoms with E-state index >= 15 is 0 Å². The van der Waals surface area contributed by atoms with Crippen molar-refractivity contribution in [3.63, 3.8) is 0 Å². The Balaban J connectivity index is 1.86. The van der Waals surface area contributed by atoms with Crippen LogP contribution in [0.25, 0.3) is 5.65 Å². The van der Waals surface area contributed by atoms with Crippen LogP contribution in [0.3, 0.4) is 0 Å². The normalized spacial score (nSPS) is 10.8. The maximum atomic E-state index is 12.1. The van der Waals surface area contributed by atoms with E-state index in [0.29, 0.717) is 11.3 Å². The maximum Gasteiger partial charge on any atom is 0.342 e. The van der Waals surface area contributed by atoms with E-state index in [1.165, 1.54) is 16.5 Å². The zero-order chi connectivity index (χ0) is 17.3. The van der Waals surface area contributed by atoms with Crippen molar-refractivity contribution in [2.24, 2.45) is 0 Å². The van der Waals surface area contributed by atoms with Crippen molar-refractivity contribution < 1.29 is 14.6 Å². The number of phenols is 1. The van der Waals surface area contributed by atoms with E-state index in [-0.39, 0.29) is 23.5 Å². The lowest BCUT2D eigenvalue weighted by Gasteiger charge is -2.08. The first kappa shape index (κ1) is 15.7. The minimum absolute atomic E-state index is 0.0868. The summed E-state index contributed by atoms with van der Waals surface area (Å²) in [5.74, 6) is -0.809. The summed E-state index contributed by atoms with van der Waals surface area (Å²) in [6, 6.07) is 9.63. The SMILES string of the molecule is Cc1ccc(O)c(C(=O)OCc2cc(=O)n3cccc(C)c3n2)c1. The second kappa shape index (κ2) is 6.16. The first-order valence-electron chi connectivity index (χ1n) is 7.40. The van der Waals surface area contributed by atoms with Crippen molar-refractivity contribution in [2.45, 2.75) is 20.5 Å². The van der Waals surface area contributed by atoms with Gasteiger partial charge in [-0.05, 0) is 37.6 Å². The van der Waals surface area contributed by atoms with Gasteiger partial charge in [0.15, 0.2) is 0 Å². The van der Waals surface area contributed by atoms with Gasteiger partial charge in [0.2, 0.25) is 0 Å². The number of esters is 1. The van der Waals surface area contributed by atoms with E-state index < -0.39 is 5.97 Å². The Bertz CT molecular complexity index is 992. The quantitative estimate of drug-likeness (QED) is 0.748. The zero-order valence-electron chi connectivity index (χ0n) is 13.3. The number of nitrogens with zero attached hydrogens (tertiary/aromatic N) is 2. The molecule has 6 nitrogen and oxygen atoms in total. The van der Waals surface area contributed by atoms with Gasteiger partial charge in [-0.2, -0.15) is 0 Å². The molecule has 0 atom stereocenters. The molecule has 0 aliphatic carbocycles. The van der Waals surface area contributed by atoms with Gasteiger partial charge >= 0.3 is 5.97 Å². The van der Waals surface area contributed by atoms with Crippen LogP contribution in [0.4, 0.5) is 0 Å². The van der Waals surface area contributed by atoms with Gasteiger partial charge in [-0.3, -0.25) is 9.20 Å². The Kier molecular flexibility index (Phi) is 4.04. The first-order chi connectivity index (χ1) is 11.5. The van der Waals surface area contributed by atoms with Crippen LogP contribution < -0.4 is 5.56 Å². The number of hydrogen-bond donors (Lipinski definition) is 1. The molecule has 0 spiro atoms. The fraction of sp³-hybridized carbons (Fsp3) is 0.167. The summed E-state index contributed by atoms with van der Waals surface area (Å²) in [4.78, 5) is 28.6. The molecule has 0 aliphatic heterocycles. The molecule has 2 aromatic heterocycles. The van der Waals surface area contributed by atoms with Crippen LogP contribution in [0.15, 0.2) is 47.4 Å². The Labute approximate surface area is 138 Å². The largest absolute Gasteiger partial charge is 0.507 e. The van der Waals surface area contributed by atoms with Crippen molar-refractivity contribution in [3.8, 4) is 5.75 Å². The van der Waals surface area contributed by atoms with Gasteiger partial charge in [-0.1, -0.05) is 17.7 Å². The van der Waals surface area contributed by atoms with E-state index in [1.807, 2.05) is 19.9 Å². The standard InChI is InChI=1S/C18H16N2O4/c1-11-5-6-15(21)14(8-11)18(23)24-10-13-9-16(22)20-7-3-4-12(2)17(20)19-13/h3-9,21H,10H2,1-2H3. The Hall–Kier alpha value is -3.15. The maximum absolute atomic E-state index is 12.1. The lowest BCUT2D eigenvalue weighted by Crippen LogP contribution is -2.17. The molecule has 0 saturated heterocycles. The Morgan fingerprint density at radius 2 is 2.04 bits per heavy atom. The number of aromatic hydroxyl groups is 1. The molecule has 0 aliphatic rings. The average molecular weight is 324 g/mol. The molecule has 0 amide bonds. The van der Waals surface area contributed by atoms with Crippen LogP contribution in [-0.2, 0) is 11.3 Å². The molecular formula is C18H16N2O4. The monoisotopic (exact) mass is 324 g/mol. The number of hydrogen-bond acceptors (Lipinski definition) is 5. The van der Waals surface area contributed by atoms with Crippen molar-refractivity contribution in [1.82, 2.24) is 9.38 Å². The number of ether oxygens (including phenoxy) is 1. The summed E-state index contributed by atoms with van der Waals surface area (Å²) in [5, 5.41) is 9.75. The van der Waals surface area contributed by atoms with Crippen molar-refractivity contribution in [2.75, 3.05) is 0 Å². The summed E-state index contributed by atoms with van der Waals surface area (Å²) in [5.41, 5.74) is 2.40. The summed E-state index contributed by atoms with van der Waals surface area (Å²) >= 11 is 0. The van der Waals surface area contributed by atoms with E-state index in [9.17, 15) is 14.7 Å². The molecule has 1 N–H and O–H groups in total. The van der Waals surface area contributed by atoms with Crippen LogP contribution in [0.1, 0.15) is 27.2 Å². The van der Waals surface area contributed by atoms with Crippen molar-refractivity contribution >= 4 is 11.6 Å². The molecule has 1 aromatic carbocycles. The highest BCUT2D eigenvalue weighted by molar-refractivity contribution is 5.92. The van der Waals surface area contributed by atoms with Gasteiger partial charge in [-0.15, -0.1) is 0 Å². The minimum Gasteiger partial charge on any atom is -0.507 e. The first-order valence-corrected chi connectivity index (χ1v) is 7.40. The Morgan fingerprint density at radius 1 is 1.25 bits per heavy atom. The number of aryl methyl sites for hydroxylation is 2. The van der Waals surface area contributed by atoms with E-state index in [2.05, 4.69) is 4.98 Å². The number of carbonyl (C=O) groups excluding carboxylic acids is 1. The molecule has 0 saturated carbocycles. The van der Waals surface area contributed by atoms with Gasteiger partial charge in [0, 0.05) is 12.3 Å². The molecule has 24 heavy (non-hydrogen) atoms. The lowest BCUT2D eigenvalue weighted by molar-refractivity contribution is 0.0464. The molecule has 6 heteroatoms. The number of aromatic nitrogens is 2. The minimum atomic E-state index is -0.664. The fourth-order valence-corrected chi connectivity index (χ4v) is 2.41. The summed E-state index contributed by atoms with van der Waals surface area (Å²) < 4.78 is 6.62. The number of benzene rings is 1. The molecule has 3 aromatic rings. The van der Waals surface area contributed by atoms with Gasteiger partial charge in [0.05, 0.1) is 5.69 Å². The average Bonchev–Trinajstić information content (AvgIpc) is 2.56. The van der Waals surface area contributed by atoms with Gasteiger partial charge < -0.3 is 9.84 Å². The molecule has 3 rings (SSSR count). The molecule has 122 valence electrons. The van der Waals surface area contributed by atoms with E-state index in [0.717, 1.165) is 11.1 Å². The molecule has 0 radical (unpaired) electrons. The second-order valence-corrected chi connectivity index (χ2v) is 5.57. The third-order valence-electron chi connectivity index (χ3n) is 3.66. The lowest BCUT2D eigenvalue weighted by atomic mass is 10.1. The van der Waals surface area contributed by atoms with E-state index in [1.54, 1.807) is 24.4 Å². The second-order valence-electron chi connectivity index (χ2n) is 5.57. The Morgan fingerprint density at radius 3 is 2.83 bits per heavy atom. The molecular weight excluding hydrogens is 308 g/mol. The van der Waals surface area contributed by atoms with Crippen LogP contribution in [-0.4, -0.2) is 20.5 Å². The number of fused-ring (bicyclic) bond motifs is 1. The third-order valence-corrected chi connectivity index (χ3v) is 3.66. The van der Waals surface area contributed by atoms with Crippen molar-refractivity contribution in [3.05, 3.63) is 75.3 Å². The van der Waals surface area contributed by atoms with Crippen LogP contribution >= 0.6 is 0 Å². The highest BCUT2D eigenvalue weighted by Crippen LogP contribution is 2.19. The summed E-state index contributed by atoms with van der Waals surface area (Å²) in [6.07, 6.45) is 1.64. The number of carbonyl (C=O) groups is 1. The molecule has 0 unspecified atom stereocenters. The van der Waals surface area contributed by atoms with Crippen LogP contribution in [0.5, 0.6) is 5.75 Å². The van der Waals surface area contributed by atoms with Gasteiger partial charge in [-0.25, -0.2) is 9.78 Å². The smallest absolute Gasteiger partial charge is 0.342 e. The summed E-state index contributed by atoms with van der Waals surface area (Å²) in [6.45, 7) is 3.51. The van der Waals surface area contributed by atoms with Gasteiger partial charge in [0.1, 0.15) is 23.6 Å². The van der Waals surface area contributed by atoms with Crippen LogP contribution in [0, 0.1) is 13.8 Å². The number of rotatable bonds is 3.